The summed E-state index contributed by atoms with van der Waals surface area (Å²) in [5.74, 6) is -3.56. The number of rotatable bonds is 6. The number of esters is 1. The number of aromatic nitrogens is 1. The number of carbonyl (C=O) groups excluding carboxylic acids is 2. The summed E-state index contributed by atoms with van der Waals surface area (Å²) in [6.45, 7) is 1.53. The minimum Gasteiger partial charge on any atom is -0.462 e. The third-order valence-corrected chi connectivity index (χ3v) is 4.45. The zero-order valence-corrected chi connectivity index (χ0v) is 15.9. The van der Waals surface area contributed by atoms with Gasteiger partial charge >= 0.3 is 5.97 Å². The summed E-state index contributed by atoms with van der Waals surface area (Å²) in [7, 11) is 0. The van der Waals surface area contributed by atoms with E-state index in [1.165, 1.54) is 0 Å². The average Bonchev–Trinajstić information content (AvgIpc) is 2.61. The molecule has 1 aromatic heterocycles. The lowest BCUT2D eigenvalue weighted by Crippen LogP contribution is -2.18. The quantitative estimate of drug-likeness (QED) is 0.171. The fraction of sp³-hybridized carbons (Fsp3) is 0.118. The Balaban J connectivity index is 2.43. The molecule has 1 N–H and O–H groups in total. The van der Waals surface area contributed by atoms with E-state index in [4.69, 9.17) is 39.5 Å². The van der Waals surface area contributed by atoms with Crippen LogP contribution in [0, 0.1) is 11.6 Å². The number of ketones is 1. The molecule has 0 atom stereocenters. The second kappa shape index (κ2) is 9.12. The molecule has 0 amide bonds. The number of hydrogen-bond donors (Lipinski definition) is 1. The van der Waals surface area contributed by atoms with Crippen LogP contribution in [0.4, 0.5) is 14.5 Å². The van der Waals surface area contributed by atoms with Crippen LogP contribution in [0.2, 0.25) is 15.2 Å². The molecule has 0 aliphatic heterocycles. The molecule has 10 heteroatoms. The van der Waals surface area contributed by atoms with Crippen LogP contribution in [0.3, 0.4) is 0 Å². The van der Waals surface area contributed by atoms with Crippen molar-refractivity contribution in [2.75, 3.05) is 11.9 Å². The summed E-state index contributed by atoms with van der Waals surface area (Å²) in [6, 6.07) is 2.74. The van der Waals surface area contributed by atoms with Gasteiger partial charge in [-0.25, -0.2) is 18.6 Å². The van der Waals surface area contributed by atoms with E-state index in [9.17, 15) is 18.4 Å². The zero-order chi connectivity index (χ0) is 20.1. The number of hydrogen-bond acceptors (Lipinski definition) is 5. The topological polar surface area (TPSA) is 68.3 Å². The van der Waals surface area contributed by atoms with E-state index in [1.54, 1.807) is 6.92 Å². The fourth-order valence-corrected chi connectivity index (χ4v) is 2.50. The van der Waals surface area contributed by atoms with Gasteiger partial charge in [-0.15, -0.1) is 0 Å². The van der Waals surface area contributed by atoms with Gasteiger partial charge in [0.2, 0.25) is 5.78 Å². The van der Waals surface area contributed by atoms with Gasteiger partial charge in [0.05, 0.1) is 27.9 Å². The number of halogens is 5. The van der Waals surface area contributed by atoms with E-state index in [1.807, 2.05) is 0 Å². The summed E-state index contributed by atoms with van der Waals surface area (Å²) < 4.78 is 31.6. The molecule has 2 rings (SSSR count). The maximum Gasteiger partial charge on any atom is 0.343 e. The Kier molecular flexibility index (Phi) is 7.12. The lowest BCUT2D eigenvalue weighted by atomic mass is 10.1. The van der Waals surface area contributed by atoms with Crippen LogP contribution in [0.15, 0.2) is 36.2 Å². The highest BCUT2D eigenvalue weighted by Gasteiger charge is 2.25. The van der Waals surface area contributed by atoms with Crippen LogP contribution in [0.1, 0.15) is 17.3 Å². The first kappa shape index (κ1) is 21.1. The predicted molar refractivity (Wildman–Crippen MR) is 98.3 cm³/mol. The van der Waals surface area contributed by atoms with Crippen molar-refractivity contribution in [3.05, 3.63) is 68.6 Å². The van der Waals surface area contributed by atoms with Crippen LogP contribution < -0.4 is 5.32 Å². The van der Waals surface area contributed by atoms with E-state index in [0.29, 0.717) is 6.07 Å². The molecule has 0 bridgehead atoms. The first-order valence-electron chi connectivity index (χ1n) is 7.39. The number of anilines is 1. The van der Waals surface area contributed by atoms with Crippen LogP contribution in [-0.4, -0.2) is 23.3 Å². The SMILES string of the molecule is CCOC(=O)/C(=C\Nc1ccc(F)cc1F)C(=O)c1cnc(Cl)c(Cl)c1Cl. The molecule has 0 spiro atoms. The number of nitrogens with zero attached hydrogens (tertiary/aromatic N) is 1. The van der Waals surface area contributed by atoms with Gasteiger partial charge in [-0.3, -0.25) is 4.79 Å². The highest BCUT2D eigenvalue weighted by atomic mass is 35.5. The number of pyridine rings is 1. The molecule has 0 aliphatic rings. The summed E-state index contributed by atoms with van der Waals surface area (Å²) in [5, 5.41) is 1.94. The average molecular weight is 436 g/mol. The smallest absolute Gasteiger partial charge is 0.343 e. The molecule has 1 aromatic carbocycles. The summed E-state index contributed by atoms with van der Waals surface area (Å²) >= 11 is 17.6. The van der Waals surface area contributed by atoms with Crippen molar-refractivity contribution >= 4 is 52.2 Å². The first-order valence-corrected chi connectivity index (χ1v) is 8.52. The molecule has 2 aromatic rings. The summed E-state index contributed by atoms with van der Waals surface area (Å²) in [4.78, 5) is 28.6. The van der Waals surface area contributed by atoms with Crippen molar-refractivity contribution in [1.29, 1.82) is 0 Å². The molecule has 0 fully saturated rings. The molecule has 0 aliphatic carbocycles. The van der Waals surface area contributed by atoms with Gasteiger partial charge in [0.25, 0.3) is 0 Å². The molecule has 1 heterocycles. The number of Topliss-reactive ketones (excluding diaryl/α,β-unsaturated/α-hetero) is 1. The maximum atomic E-state index is 13.7. The van der Waals surface area contributed by atoms with Crippen molar-refractivity contribution in [3.8, 4) is 0 Å². The van der Waals surface area contributed by atoms with Crippen LogP contribution >= 0.6 is 34.8 Å². The van der Waals surface area contributed by atoms with Crippen LogP contribution in [0.5, 0.6) is 0 Å². The van der Waals surface area contributed by atoms with E-state index in [2.05, 4.69) is 10.3 Å². The Morgan fingerprint density at radius 2 is 1.93 bits per heavy atom. The Morgan fingerprint density at radius 1 is 1.22 bits per heavy atom. The minimum absolute atomic E-state index is 0.0122. The number of benzene rings is 1. The summed E-state index contributed by atoms with van der Waals surface area (Å²) in [6.07, 6.45) is 1.97. The van der Waals surface area contributed by atoms with Gasteiger partial charge in [0.1, 0.15) is 22.4 Å². The lowest BCUT2D eigenvalue weighted by Gasteiger charge is -2.10. The van der Waals surface area contributed by atoms with Gasteiger partial charge in [-0.1, -0.05) is 34.8 Å². The Labute approximate surface area is 167 Å². The monoisotopic (exact) mass is 434 g/mol. The van der Waals surface area contributed by atoms with Gasteiger partial charge in [0, 0.05) is 18.5 Å². The molecule has 0 unspecified atom stereocenters. The van der Waals surface area contributed by atoms with Crippen molar-refractivity contribution in [2.45, 2.75) is 6.92 Å². The maximum absolute atomic E-state index is 13.7. The zero-order valence-electron chi connectivity index (χ0n) is 13.7. The van der Waals surface area contributed by atoms with Crippen molar-refractivity contribution in [3.63, 3.8) is 0 Å². The Bertz CT molecular complexity index is 936. The fourth-order valence-electron chi connectivity index (χ4n) is 1.93. The van der Waals surface area contributed by atoms with Crippen molar-refractivity contribution in [2.24, 2.45) is 0 Å². The molecule has 27 heavy (non-hydrogen) atoms. The molecular formula is C17H11Cl3F2N2O3. The summed E-state index contributed by atoms with van der Waals surface area (Å²) in [5.41, 5.74) is -0.862. The van der Waals surface area contributed by atoms with Gasteiger partial charge in [-0.2, -0.15) is 0 Å². The second-order valence-corrected chi connectivity index (χ2v) is 6.08. The van der Waals surface area contributed by atoms with Crippen LogP contribution in [-0.2, 0) is 9.53 Å². The molecule has 0 saturated carbocycles. The standard InChI is InChI=1S/C17H11Cl3F2N2O3/c1-2-27-17(26)10(7-23-12-4-3-8(21)5-11(12)22)15(25)9-6-24-16(20)14(19)13(9)18/h3-7,23H,2H2,1H3/b10-7-. The second-order valence-electron chi connectivity index (χ2n) is 4.97. The lowest BCUT2D eigenvalue weighted by molar-refractivity contribution is -0.138. The van der Waals surface area contributed by atoms with Gasteiger partial charge in [-0.05, 0) is 19.1 Å². The molecule has 142 valence electrons. The van der Waals surface area contributed by atoms with Crippen LogP contribution in [0.25, 0.3) is 0 Å². The number of carbonyl (C=O) groups is 2. The Hall–Kier alpha value is -2.22. The van der Waals surface area contributed by atoms with E-state index < -0.39 is 29.0 Å². The van der Waals surface area contributed by atoms with Gasteiger partial charge in [0.15, 0.2) is 0 Å². The third-order valence-electron chi connectivity index (χ3n) is 3.21. The van der Waals surface area contributed by atoms with Crippen molar-refractivity contribution in [1.82, 2.24) is 4.98 Å². The first-order chi connectivity index (χ1) is 12.8. The molecule has 0 saturated heterocycles. The Morgan fingerprint density at radius 3 is 2.56 bits per heavy atom. The highest BCUT2D eigenvalue weighted by Crippen LogP contribution is 2.32. The van der Waals surface area contributed by atoms with E-state index in [0.717, 1.165) is 24.5 Å². The largest absolute Gasteiger partial charge is 0.462 e. The molecule has 5 nitrogen and oxygen atoms in total. The number of nitrogens with one attached hydrogen (secondary N) is 1. The van der Waals surface area contributed by atoms with E-state index >= 15 is 0 Å². The number of ether oxygens (including phenoxy) is 1. The van der Waals surface area contributed by atoms with Gasteiger partial charge < -0.3 is 10.1 Å². The molecular weight excluding hydrogens is 425 g/mol. The predicted octanol–water partition coefficient (Wildman–Crippen LogP) is 5.06. The molecule has 0 radical (unpaired) electrons. The van der Waals surface area contributed by atoms with E-state index in [-0.39, 0.29) is 33.1 Å². The normalized spacial score (nSPS) is 11.3. The minimum atomic E-state index is -0.986. The third kappa shape index (κ3) is 4.94. The van der Waals surface area contributed by atoms with Crippen molar-refractivity contribution < 1.29 is 23.1 Å². The highest BCUT2D eigenvalue weighted by molar-refractivity contribution is 6.49.